The standard InChI is InChI=1S/C29H33ClN4O5S/c1-29(2,27(35)36)22-10-4-18(5-11-22)17-39-28-31-24-16-23(30)25(32-26(24)33-28)21-8-6-19(7-9-21)20-12-14-34(15-13-20)40(3,37)38/h6-9,12,16-17,22H,4-5,10-11,13-15H2,1-3H3,(H,35,36)(H,31,32,33). The van der Waals surface area contributed by atoms with Crippen LogP contribution in [0.15, 0.2) is 48.2 Å². The molecule has 5 rings (SSSR count). The Balaban J connectivity index is 1.27. The number of ether oxygens (including phenoxy) is 1. The maximum atomic E-state index is 11.8. The van der Waals surface area contributed by atoms with Gasteiger partial charge in [-0.3, -0.25) is 4.79 Å². The zero-order valence-electron chi connectivity index (χ0n) is 22.8. The first-order chi connectivity index (χ1) is 18.9. The summed E-state index contributed by atoms with van der Waals surface area (Å²) in [5.41, 5.74) is 5.15. The van der Waals surface area contributed by atoms with Crippen LogP contribution in [0.2, 0.25) is 5.02 Å². The molecule has 9 nitrogen and oxygen atoms in total. The molecule has 0 saturated heterocycles. The highest BCUT2D eigenvalue weighted by atomic mass is 35.5. The van der Waals surface area contributed by atoms with Crippen LogP contribution in [-0.4, -0.2) is 58.1 Å². The van der Waals surface area contributed by atoms with Gasteiger partial charge in [-0.15, -0.1) is 0 Å². The molecule has 0 atom stereocenters. The number of aromatic nitrogens is 3. The van der Waals surface area contributed by atoms with Gasteiger partial charge in [-0.1, -0.05) is 41.9 Å². The van der Waals surface area contributed by atoms with Crippen molar-refractivity contribution in [1.29, 1.82) is 0 Å². The van der Waals surface area contributed by atoms with Gasteiger partial charge >= 0.3 is 12.0 Å². The number of aliphatic carboxylic acids is 1. The second kappa shape index (κ2) is 11.0. The van der Waals surface area contributed by atoms with Gasteiger partial charge in [0.1, 0.15) is 0 Å². The molecule has 40 heavy (non-hydrogen) atoms. The lowest BCUT2D eigenvalue weighted by atomic mass is 9.70. The number of nitrogens with zero attached hydrogens (tertiary/aromatic N) is 3. The monoisotopic (exact) mass is 584 g/mol. The van der Waals surface area contributed by atoms with Crippen molar-refractivity contribution in [3.05, 3.63) is 58.8 Å². The van der Waals surface area contributed by atoms with Gasteiger partial charge in [0.2, 0.25) is 10.0 Å². The summed E-state index contributed by atoms with van der Waals surface area (Å²) >= 11 is 6.59. The Morgan fingerprint density at radius 2 is 1.82 bits per heavy atom. The van der Waals surface area contributed by atoms with Crippen molar-refractivity contribution in [2.45, 2.75) is 46.0 Å². The number of H-pyrrole nitrogens is 1. The number of aromatic amines is 1. The number of benzene rings is 1. The van der Waals surface area contributed by atoms with Crippen molar-refractivity contribution in [3.63, 3.8) is 0 Å². The van der Waals surface area contributed by atoms with Crippen molar-refractivity contribution in [1.82, 2.24) is 19.3 Å². The summed E-state index contributed by atoms with van der Waals surface area (Å²) in [6, 6.07) is 10.0. The van der Waals surface area contributed by atoms with Crippen molar-refractivity contribution >= 4 is 44.3 Å². The minimum absolute atomic E-state index is 0.136. The van der Waals surface area contributed by atoms with Crippen molar-refractivity contribution < 1.29 is 23.1 Å². The Labute approximate surface area is 239 Å². The van der Waals surface area contributed by atoms with Gasteiger partial charge in [0, 0.05) is 18.7 Å². The predicted octanol–water partition coefficient (Wildman–Crippen LogP) is 5.89. The number of hydrogen-bond donors (Lipinski definition) is 2. The van der Waals surface area contributed by atoms with E-state index in [-0.39, 0.29) is 5.92 Å². The highest BCUT2D eigenvalue weighted by Gasteiger charge is 2.37. The molecule has 0 amide bonds. The molecule has 0 bridgehead atoms. The molecular formula is C29H33ClN4O5S. The number of halogens is 1. The molecule has 1 aromatic carbocycles. The van der Waals surface area contributed by atoms with E-state index < -0.39 is 21.4 Å². The molecule has 212 valence electrons. The van der Waals surface area contributed by atoms with E-state index in [4.69, 9.17) is 16.3 Å². The van der Waals surface area contributed by atoms with Crippen LogP contribution < -0.4 is 4.74 Å². The number of carbonyl (C=O) groups is 1. The number of hydrogen-bond acceptors (Lipinski definition) is 6. The Bertz CT molecular complexity index is 1600. The number of allylic oxidation sites excluding steroid dienone is 1. The quantitative estimate of drug-likeness (QED) is 0.332. The number of pyridine rings is 1. The zero-order chi connectivity index (χ0) is 28.7. The lowest BCUT2D eigenvalue weighted by molar-refractivity contribution is -0.150. The Kier molecular flexibility index (Phi) is 7.78. The number of sulfonamides is 1. The van der Waals surface area contributed by atoms with Crippen LogP contribution >= 0.6 is 11.6 Å². The summed E-state index contributed by atoms with van der Waals surface area (Å²) in [5.74, 6) is -0.619. The Hall–Kier alpha value is -3.21. The Morgan fingerprint density at radius 1 is 1.15 bits per heavy atom. The molecule has 1 fully saturated rings. The van der Waals surface area contributed by atoms with Gasteiger partial charge in [0.15, 0.2) is 5.65 Å². The van der Waals surface area contributed by atoms with Gasteiger partial charge in [-0.25, -0.2) is 13.4 Å². The molecule has 3 aromatic rings. The number of carboxylic acids is 1. The lowest BCUT2D eigenvalue weighted by Crippen LogP contribution is -2.34. The van der Waals surface area contributed by atoms with Gasteiger partial charge in [-0.2, -0.15) is 9.29 Å². The van der Waals surface area contributed by atoms with Crippen LogP contribution in [0.5, 0.6) is 6.01 Å². The number of fused-ring (bicyclic) bond motifs is 1. The molecular weight excluding hydrogens is 552 g/mol. The molecule has 1 saturated carbocycles. The van der Waals surface area contributed by atoms with Crippen LogP contribution in [0.1, 0.15) is 51.5 Å². The van der Waals surface area contributed by atoms with Crippen LogP contribution in [0.25, 0.3) is 28.0 Å². The molecule has 11 heteroatoms. The smallest absolute Gasteiger partial charge is 0.309 e. The molecule has 3 heterocycles. The molecule has 1 aliphatic carbocycles. The van der Waals surface area contributed by atoms with Crippen LogP contribution in [0.4, 0.5) is 0 Å². The van der Waals surface area contributed by atoms with Crippen molar-refractivity contribution in [2.24, 2.45) is 11.3 Å². The van der Waals surface area contributed by atoms with Crippen molar-refractivity contribution in [2.75, 3.05) is 19.3 Å². The van der Waals surface area contributed by atoms with E-state index in [0.29, 0.717) is 47.4 Å². The van der Waals surface area contributed by atoms with E-state index in [0.717, 1.165) is 48.0 Å². The highest BCUT2D eigenvalue weighted by molar-refractivity contribution is 7.88. The van der Waals surface area contributed by atoms with E-state index in [1.807, 2.05) is 30.3 Å². The number of carboxylic acid groups (broad SMARTS) is 1. The van der Waals surface area contributed by atoms with Crippen LogP contribution in [0.3, 0.4) is 0 Å². The molecule has 2 aromatic heterocycles. The fourth-order valence-corrected chi connectivity index (χ4v) is 6.38. The minimum Gasteiger partial charge on any atom is -0.481 e. The summed E-state index contributed by atoms with van der Waals surface area (Å²) in [7, 11) is -3.19. The van der Waals surface area contributed by atoms with E-state index in [1.54, 1.807) is 26.2 Å². The number of nitrogens with one attached hydrogen (secondary N) is 1. The Morgan fingerprint density at radius 3 is 2.42 bits per heavy atom. The topological polar surface area (TPSA) is 125 Å². The van der Waals surface area contributed by atoms with E-state index in [1.165, 1.54) is 10.6 Å². The summed E-state index contributed by atoms with van der Waals surface area (Å²) in [6.07, 6.45) is 8.76. The highest BCUT2D eigenvalue weighted by Crippen LogP contribution is 2.40. The normalized spacial score (nSPS) is 18.9. The number of imidazole rings is 1. The minimum atomic E-state index is -3.19. The van der Waals surface area contributed by atoms with E-state index in [2.05, 4.69) is 15.0 Å². The zero-order valence-corrected chi connectivity index (χ0v) is 24.3. The summed E-state index contributed by atoms with van der Waals surface area (Å²) < 4.78 is 30.8. The third-order valence-electron chi connectivity index (χ3n) is 8.11. The SMILES string of the molecule is CC(C)(C(=O)O)C1CCC(=COc2nc3nc(-c4ccc(C5=CCN(S(C)(=O)=O)CC5)cc4)c(Cl)cc3[nH]2)CC1. The summed E-state index contributed by atoms with van der Waals surface area (Å²) in [5, 5.41) is 9.98. The van der Waals surface area contributed by atoms with Crippen LogP contribution in [-0.2, 0) is 14.8 Å². The molecule has 0 radical (unpaired) electrons. The van der Waals surface area contributed by atoms with E-state index >= 15 is 0 Å². The van der Waals surface area contributed by atoms with Gasteiger partial charge in [0.25, 0.3) is 0 Å². The predicted molar refractivity (Wildman–Crippen MR) is 155 cm³/mol. The van der Waals surface area contributed by atoms with Gasteiger partial charge in [-0.05, 0) is 74.6 Å². The molecule has 2 aliphatic rings. The van der Waals surface area contributed by atoms with Gasteiger partial charge in [0.05, 0.1) is 34.2 Å². The summed E-state index contributed by atoms with van der Waals surface area (Å²) in [4.78, 5) is 23.8. The number of rotatable bonds is 7. The first kappa shape index (κ1) is 28.3. The molecule has 2 N–H and O–H groups in total. The molecule has 1 aliphatic heterocycles. The average Bonchev–Trinajstić information content (AvgIpc) is 3.33. The molecule has 0 spiro atoms. The fourth-order valence-electron chi connectivity index (χ4n) is 5.35. The van der Waals surface area contributed by atoms with Crippen molar-refractivity contribution in [3.8, 4) is 17.3 Å². The second-order valence-corrected chi connectivity index (χ2v) is 13.5. The fraction of sp³-hybridized carbons (Fsp3) is 0.414. The van der Waals surface area contributed by atoms with Gasteiger partial charge < -0.3 is 14.8 Å². The first-order valence-electron chi connectivity index (χ1n) is 13.3. The third kappa shape index (κ3) is 5.94. The van der Waals surface area contributed by atoms with E-state index in [9.17, 15) is 18.3 Å². The lowest BCUT2D eigenvalue weighted by Gasteiger charge is -2.34. The summed E-state index contributed by atoms with van der Waals surface area (Å²) in [6.45, 7) is 4.44. The molecule has 0 unspecified atom stereocenters. The van der Waals surface area contributed by atoms with Crippen LogP contribution in [0, 0.1) is 11.3 Å². The first-order valence-corrected chi connectivity index (χ1v) is 15.5. The average molecular weight is 585 g/mol. The second-order valence-electron chi connectivity index (χ2n) is 11.1. The maximum absolute atomic E-state index is 11.8. The third-order valence-corrected chi connectivity index (χ3v) is 9.67. The maximum Gasteiger partial charge on any atom is 0.309 e. The largest absolute Gasteiger partial charge is 0.481 e.